The van der Waals surface area contributed by atoms with Gasteiger partial charge in [-0.1, -0.05) is 0 Å². The van der Waals surface area contributed by atoms with Gasteiger partial charge in [-0.05, 0) is 33.4 Å². The second-order valence-electron chi connectivity index (χ2n) is 4.39. The summed E-state index contributed by atoms with van der Waals surface area (Å²) in [5, 5.41) is 0. The lowest BCUT2D eigenvalue weighted by Crippen LogP contribution is -2.46. The summed E-state index contributed by atoms with van der Waals surface area (Å²) in [6.45, 7) is 7.54. The van der Waals surface area contributed by atoms with E-state index in [4.69, 9.17) is 0 Å². The maximum atomic E-state index is 11.6. The maximum Gasteiger partial charge on any atom is 0.224 e. The number of rotatable bonds is 2. The third-order valence-electron chi connectivity index (χ3n) is 3.17. The summed E-state index contributed by atoms with van der Waals surface area (Å²) in [7, 11) is 0. The van der Waals surface area contributed by atoms with Crippen LogP contribution >= 0.6 is 0 Å². The molecule has 0 unspecified atom stereocenters. The molecule has 0 aliphatic carbocycles. The number of amides is 1. The summed E-state index contributed by atoms with van der Waals surface area (Å²) >= 11 is 0. The molecule has 1 amide bonds. The van der Waals surface area contributed by atoms with Crippen molar-refractivity contribution in [2.45, 2.75) is 38.8 Å². The van der Waals surface area contributed by atoms with Crippen LogP contribution in [0.15, 0.2) is 0 Å². The topological polar surface area (TPSA) is 23.6 Å². The lowest BCUT2D eigenvalue weighted by atomic mass is 10.1. The summed E-state index contributed by atoms with van der Waals surface area (Å²) in [5.41, 5.74) is 0. The van der Waals surface area contributed by atoms with Gasteiger partial charge < -0.3 is 4.90 Å². The largest absolute Gasteiger partial charge is 0.339 e. The molecule has 2 fully saturated rings. The summed E-state index contributed by atoms with van der Waals surface area (Å²) in [6, 6.07) is 0.891. The zero-order chi connectivity index (χ0) is 9.42. The molecule has 0 aromatic carbocycles. The number of likely N-dealkylation sites (tertiary alicyclic amines) is 2. The van der Waals surface area contributed by atoms with Gasteiger partial charge in [-0.25, -0.2) is 0 Å². The highest BCUT2D eigenvalue weighted by molar-refractivity contribution is 5.79. The molecule has 0 radical (unpaired) electrons. The first-order chi connectivity index (χ1) is 6.18. The predicted octanol–water partition coefficient (Wildman–Crippen LogP) is 0.701. The highest BCUT2D eigenvalue weighted by Crippen LogP contribution is 2.22. The fourth-order valence-corrected chi connectivity index (χ4v) is 2.16. The van der Waals surface area contributed by atoms with Crippen LogP contribution in [-0.4, -0.2) is 47.4 Å². The van der Waals surface area contributed by atoms with Crippen molar-refractivity contribution in [3.8, 4) is 0 Å². The van der Waals surface area contributed by atoms with Crippen molar-refractivity contribution in [2.24, 2.45) is 0 Å². The molecule has 13 heavy (non-hydrogen) atoms. The van der Waals surface area contributed by atoms with Crippen LogP contribution in [0.2, 0.25) is 0 Å². The first kappa shape index (κ1) is 9.00. The molecule has 0 aromatic rings. The molecule has 3 heteroatoms. The zero-order valence-electron chi connectivity index (χ0n) is 8.49. The highest BCUT2D eigenvalue weighted by Gasteiger charge is 2.36. The van der Waals surface area contributed by atoms with Gasteiger partial charge in [-0.2, -0.15) is 0 Å². The fraction of sp³-hybridized carbons (Fsp3) is 0.900. The van der Waals surface area contributed by atoms with Gasteiger partial charge in [0, 0.05) is 25.0 Å². The van der Waals surface area contributed by atoms with E-state index in [1.807, 2.05) is 4.90 Å². The van der Waals surface area contributed by atoms with Crippen LogP contribution in [0.5, 0.6) is 0 Å². The molecule has 0 spiro atoms. The standard InChI is InChI=1S/C10H18N2O/c1-8(2)12-7-9(6-10(12)13)11-4-3-5-11/h8-9H,3-7H2,1-2H3/t9-/m1/s1. The second-order valence-corrected chi connectivity index (χ2v) is 4.39. The van der Waals surface area contributed by atoms with Gasteiger partial charge in [-0.3, -0.25) is 9.69 Å². The SMILES string of the molecule is CC(C)N1C[C@H](N2CCC2)CC1=O. The van der Waals surface area contributed by atoms with Crippen LogP contribution < -0.4 is 0 Å². The minimum atomic E-state index is 0.340. The summed E-state index contributed by atoms with van der Waals surface area (Å²) in [5.74, 6) is 0.340. The van der Waals surface area contributed by atoms with Crippen LogP contribution in [0, 0.1) is 0 Å². The summed E-state index contributed by atoms with van der Waals surface area (Å²) in [6.07, 6.45) is 2.06. The minimum Gasteiger partial charge on any atom is -0.339 e. The Morgan fingerprint density at radius 3 is 2.46 bits per heavy atom. The number of hydrogen-bond donors (Lipinski definition) is 0. The van der Waals surface area contributed by atoms with Crippen molar-refractivity contribution < 1.29 is 4.79 Å². The van der Waals surface area contributed by atoms with Crippen LogP contribution in [0.25, 0.3) is 0 Å². The van der Waals surface area contributed by atoms with E-state index in [-0.39, 0.29) is 0 Å². The molecule has 2 aliphatic rings. The molecule has 2 saturated heterocycles. The number of hydrogen-bond acceptors (Lipinski definition) is 2. The highest BCUT2D eigenvalue weighted by atomic mass is 16.2. The van der Waals surface area contributed by atoms with Crippen LogP contribution in [0.4, 0.5) is 0 Å². The molecule has 0 aromatic heterocycles. The van der Waals surface area contributed by atoms with E-state index in [9.17, 15) is 4.79 Å². The van der Waals surface area contributed by atoms with Gasteiger partial charge in [0.05, 0.1) is 0 Å². The van der Waals surface area contributed by atoms with Gasteiger partial charge in [0.2, 0.25) is 5.91 Å². The van der Waals surface area contributed by atoms with Gasteiger partial charge in [0.1, 0.15) is 0 Å². The van der Waals surface area contributed by atoms with E-state index in [0.29, 0.717) is 18.0 Å². The summed E-state index contributed by atoms with van der Waals surface area (Å²) < 4.78 is 0. The van der Waals surface area contributed by atoms with Crippen LogP contribution in [0.3, 0.4) is 0 Å². The van der Waals surface area contributed by atoms with E-state index in [1.165, 1.54) is 19.5 Å². The molecular weight excluding hydrogens is 164 g/mol. The molecule has 2 heterocycles. The lowest BCUT2D eigenvalue weighted by Gasteiger charge is -2.36. The third-order valence-corrected chi connectivity index (χ3v) is 3.17. The Labute approximate surface area is 79.7 Å². The first-order valence-electron chi connectivity index (χ1n) is 5.22. The van der Waals surface area contributed by atoms with E-state index < -0.39 is 0 Å². The molecular formula is C10H18N2O. The lowest BCUT2D eigenvalue weighted by molar-refractivity contribution is -0.129. The quantitative estimate of drug-likeness (QED) is 0.627. The Morgan fingerprint density at radius 1 is 1.38 bits per heavy atom. The molecule has 0 saturated carbocycles. The minimum absolute atomic E-state index is 0.340. The Balaban J connectivity index is 1.93. The van der Waals surface area contributed by atoms with Crippen molar-refractivity contribution in [3.05, 3.63) is 0 Å². The van der Waals surface area contributed by atoms with Gasteiger partial charge >= 0.3 is 0 Å². The molecule has 3 nitrogen and oxygen atoms in total. The molecule has 0 bridgehead atoms. The molecule has 2 aliphatic heterocycles. The summed E-state index contributed by atoms with van der Waals surface area (Å²) in [4.78, 5) is 16.0. The molecule has 0 N–H and O–H groups in total. The Hall–Kier alpha value is -0.570. The van der Waals surface area contributed by atoms with Crippen molar-refractivity contribution in [1.29, 1.82) is 0 Å². The predicted molar refractivity (Wildman–Crippen MR) is 51.4 cm³/mol. The molecule has 1 atom stereocenters. The van der Waals surface area contributed by atoms with Crippen molar-refractivity contribution in [3.63, 3.8) is 0 Å². The van der Waals surface area contributed by atoms with E-state index in [1.54, 1.807) is 0 Å². The van der Waals surface area contributed by atoms with Crippen LogP contribution in [-0.2, 0) is 4.79 Å². The smallest absolute Gasteiger partial charge is 0.224 e. The number of carbonyl (C=O) groups is 1. The fourth-order valence-electron chi connectivity index (χ4n) is 2.16. The van der Waals surface area contributed by atoms with Gasteiger partial charge in [-0.15, -0.1) is 0 Å². The normalized spacial score (nSPS) is 29.9. The third kappa shape index (κ3) is 1.57. The monoisotopic (exact) mass is 182 g/mol. The van der Waals surface area contributed by atoms with E-state index >= 15 is 0 Å². The average molecular weight is 182 g/mol. The molecule has 74 valence electrons. The van der Waals surface area contributed by atoms with Crippen LogP contribution in [0.1, 0.15) is 26.7 Å². The van der Waals surface area contributed by atoms with Gasteiger partial charge in [0.25, 0.3) is 0 Å². The zero-order valence-corrected chi connectivity index (χ0v) is 8.49. The number of carbonyl (C=O) groups excluding carboxylic acids is 1. The van der Waals surface area contributed by atoms with E-state index in [0.717, 1.165) is 13.0 Å². The van der Waals surface area contributed by atoms with Gasteiger partial charge in [0.15, 0.2) is 0 Å². The first-order valence-corrected chi connectivity index (χ1v) is 5.22. The van der Waals surface area contributed by atoms with Crippen molar-refractivity contribution in [2.75, 3.05) is 19.6 Å². The van der Waals surface area contributed by atoms with Crippen molar-refractivity contribution in [1.82, 2.24) is 9.80 Å². The Morgan fingerprint density at radius 2 is 2.08 bits per heavy atom. The molecule has 2 rings (SSSR count). The maximum absolute atomic E-state index is 11.6. The van der Waals surface area contributed by atoms with Crippen molar-refractivity contribution >= 4 is 5.91 Å². The second kappa shape index (κ2) is 3.29. The number of nitrogens with zero attached hydrogens (tertiary/aromatic N) is 2. The Kier molecular flexibility index (Phi) is 2.28. The average Bonchev–Trinajstić information content (AvgIpc) is 2.27. The Bertz CT molecular complexity index is 211. The van der Waals surface area contributed by atoms with E-state index in [2.05, 4.69) is 18.7 Å².